The Morgan fingerprint density at radius 1 is 1.36 bits per heavy atom. The average Bonchev–Trinajstić information content (AvgIpc) is 3.02. The maximum Gasteiger partial charge on any atom is 0.233 e. The number of thioether (sulfide) groups is 1. The molecule has 0 atom stereocenters. The third-order valence-electron chi connectivity index (χ3n) is 4.26. The maximum atomic E-state index is 12.3. The number of likely N-dealkylation sites (N-methyl/N-ethyl adjacent to an activating group) is 1. The summed E-state index contributed by atoms with van der Waals surface area (Å²) in [4.78, 5) is 31.8. The summed E-state index contributed by atoms with van der Waals surface area (Å²) in [5.41, 5.74) is 1.69. The fraction of sp³-hybridized carbons (Fsp3) is 0.471. The minimum absolute atomic E-state index is 0.00178. The van der Waals surface area contributed by atoms with E-state index >= 15 is 0 Å². The van der Waals surface area contributed by atoms with Gasteiger partial charge >= 0.3 is 0 Å². The van der Waals surface area contributed by atoms with Gasteiger partial charge in [-0.2, -0.15) is 0 Å². The van der Waals surface area contributed by atoms with Crippen molar-refractivity contribution in [2.24, 2.45) is 0 Å². The molecular weight excluding hydrogens is 356 g/mol. The largest absolute Gasteiger partial charge is 0.334 e. The average molecular weight is 380 g/mol. The van der Waals surface area contributed by atoms with E-state index in [0.29, 0.717) is 12.2 Å². The van der Waals surface area contributed by atoms with E-state index in [1.165, 1.54) is 16.7 Å². The lowest BCUT2D eigenvalue weighted by Gasteiger charge is -2.29. The molecule has 8 heteroatoms. The Bertz CT molecular complexity index is 769. The number of rotatable bonds is 5. The van der Waals surface area contributed by atoms with Crippen molar-refractivity contribution in [2.75, 3.05) is 44.3 Å². The molecule has 1 saturated heterocycles. The smallest absolute Gasteiger partial charge is 0.233 e. The Labute approximate surface area is 155 Å². The molecule has 2 aromatic rings. The van der Waals surface area contributed by atoms with Gasteiger partial charge in [0.2, 0.25) is 11.8 Å². The number of thiazole rings is 1. The fourth-order valence-corrected chi connectivity index (χ4v) is 4.66. The zero-order chi connectivity index (χ0) is 17.8. The van der Waals surface area contributed by atoms with Crippen molar-refractivity contribution in [1.29, 1.82) is 0 Å². The second-order valence-corrected chi connectivity index (χ2v) is 8.44. The van der Waals surface area contributed by atoms with Gasteiger partial charge in [0.15, 0.2) is 4.34 Å². The highest BCUT2D eigenvalue weighted by molar-refractivity contribution is 8.01. The van der Waals surface area contributed by atoms with Crippen molar-refractivity contribution in [1.82, 2.24) is 9.88 Å². The third-order valence-corrected chi connectivity index (χ3v) is 6.41. The van der Waals surface area contributed by atoms with E-state index < -0.39 is 0 Å². The summed E-state index contributed by atoms with van der Waals surface area (Å²) in [6.07, 6.45) is 0.456. The number of anilines is 1. The van der Waals surface area contributed by atoms with Gasteiger partial charge < -0.3 is 15.1 Å². The Morgan fingerprint density at radius 2 is 2.12 bits per heavy atom. The molecule has 0 unspecified atom stereocenters. The van der Waals surface area contributed by atoms with Gasteiger partial charge in [0, 0.05) is 12.1 Å². The summed E-state index contributed by atoms with van der Waals surface area (Å²) < 4.78 is 1.91. The van der Waals surface area contributed by atoms with E-state index in [-0.39, 0.29) is 11.8 Å². The third kappa shape index (κ3) is 4.71. The number of benzene rings is 1. The Balaban J connectivity index is 1.60. The topological polar surface area (TPSA) is 66.7 Å². The van der Waals surface area contributed by atoms with E-state index in [9.17, 15) is 9.59 Å². The van der Waals surface area contributed by atoms with E-state index in [1.54, 1.807) is 11.3 Å². The summed E-state index contributed by atoms with van der Waals surface area (Å²) in [7, 11) is 2.16. The fourth-order valence-electron chi connectivity index (χ4n) is 2.64. The first-order valence-corrected chi connectivity index (χ1v) is 10.3. The van der Waals surface area contributed by atoms with Crippen molar-refractivity contribution in [2.45, 2.75) is 17.7 Å². The van der Waals surface area contributed by atoms with Gasteiger partial charge in [-0.1, -0.05) is 18.7 Å². The minimum atomic E-state index is -0.00178. The van der Waals surface area contributed by atoms with Crippen LogP contribution in [0.25, 0.3) is 10.2 Å². The molecule has 0 spiro atoms. The second-order valence-electron chi connectivity index (χ2n) is 6.19. The molecule has 6 nitrogen and oxygen atoms in total. The van der Waals surface area contributed by atoms with Crippen LogP contribution in [0.2, 0.25) is 0 Å². The predicted molar refractivity (Wildman–Crippen MR) is 102 cm³/mol. The number of carbonyl (C=O) groups excluding carboxylic acids is 2. The normalized spacial score (nSPS) is 15.5. The Morgan fingerprint density at radius 3 is 2.84 bits per heavy atom. The molecule has 1 fully saturated rings. The summed E-state index contributed by atoms with van der Waals surface area (Å²) in [5, 5.41) is 2.86. The maximum absolute atomic E-state index is 12.3. The number of amides is 2. The Kier molecular flexibility index (Phi) is 5.93. The lowest BCUT2D eigenvalue weighted by molar-refractivity contribution is -0.883. The number of piperazine rings is 1. The van der Waals surface area contributed by atoms with Crippen LogP contribution in [0.4, 0.5) is 5.69 Å². The van der Waals surface area contributed by atoms with Gasteiger partial charge in [-0.05, 0) is 18.2 Å². The minimum Gasteiger partial charge on any atom is -0.334 e. The van der Waals surface area contributed by atoms with Gasteiger partial charge in [0.05, 0.1) is 49.2 Å². The number of quaternary nitrogens is 1. The first-order valence-electron chi connectivity index (χ1n) is 8.47. The summed E-state index contributed by atoms with van der Waals surface area (Å²) >= 11 is 3.06. The quantitative estimate of drug-likeness (QED) is 0.764. The lowest BCUT2D eigenvalue weighted by atomic mass is 10.3. The summed E-state index contributed by atoms with van der Waals surface area (Å²) in [5.74, 6) is 0.615. The lowest BCUT2D eigenvalue weighted by Crippen LogP contribution is -3.12. The van der Waals surface area contributed by atoms with Crippen LogP contribution in [0, 0.1) is 0 Å². The zero-order valence-corrected chi connectivity index (χ0v) is 16.1. The highest BCUT2D eigenvalue weighted by atomic mass is 32.2. The highest BCUT2D eigenvalue weighted by Crippen LogP contribution is 2.31. The molecule has 25 heavy (non-hydrogen) atoms. The molecule has 0 bridgehead atoms. The van der Waals surface area contributed by atoms with E-state index in [4.69, 9.17) is 0 Å². The second kappa shape index (κ2) is 8.16. The highest BCUT2D eigenvalue weighted by Gasteiger charge is 2.21. The molecule has 0 radical (unpaired) electrons. The SMILES string of the molecule is CCC(=O)Nc1ccc2nc(SCC(=O)N3CC[NH+](C)CC3)sc2c1. The van der Waals surface area contributed by atoms with Gasteiger partial charge in [-0.3, -0.25) is 9.59 Å². The van der Waals surface area contributed by atoms with Crippen LogP contribution in [0.1, 0.15) is 13.3 Å². The Hall–Kier alpha value is -1.64. The van der Waals surface area contributed by atoms with Gasteiger partial charge in [-0.15, -0.1) is 11.3 Å². The standard InChI is InChI=1S/C17H22N4O2S2/c1-3-15(22)18-12-4-5-13-14(10-12)25-17(19-13)24-11-16(23)21-8-6-20(2)7-9-21/h4-5,10H,3,6-9,11H2,1-2H3,(H,18,22)/p+1. The molecule has 1 aliphatic rings. The van der Waals surface area contributed by atoms with Crippen molar-refractivity contribution in [3.63, 3.8) is 0 Å². The van der Waals surface area contributed by atoms with Crippen LogP contribution in [0.15, 0.2) is 22.5 Å². The molecular formula is C17H23N4O2S2+. The van der Waals surface area contributed by atoms with Crippen molar-refractivity contribution < 1.29 is 14.5 Å². The molecule has 1 aromatic carbocycles. The molecule has 2 heterocycles. The van der Waals surface area contributed by atoms with Crippen LogP contribution < -0.4 is 10.2 Å². The van der Waals surface area contributed by atoms with Crippen molar-refractivity contribution >= 4 is 50.8 Å². The van der Waals surface area contributed by atoms with E-state index in [0.717, 1.165) is 46.4 Å². The zero-order valence-electron chi connectivity index (χ0n) is 14.5. The van der Waals surface area contributed by atoms with Gasteiger partial charge in [0.25, 0.3) is 0 Å². The van der Waals surface area contributed by atoms with Crippen molar-refractivity contribution in [3.8, 4) is 0 Å². The van der Waals surface area contributed by atoms with Crippen molar-refractivity contribution in [3.05, 3.63) is 18.2 Å². The van der Waals surface area contributed by atoms with E-state index in [1.807, 2.05) is 30.0 Å². The van der Waals surface area contributed by atoms with Gasteiger partial charge in [-0.25, -0.2) is 4.98 Å². The molecule has 3 rings (SSSR count). The monoisotopic (exact) mass is 379 g/mol. The number of carbonyl (C=O) groups is 2. The molecule has 0 aliphatic carbocycles. The molecule has 1 aromatic heterocycles. The van der Waals surface area contributed by atoms with Crippen LogP contribution in [0.3, 0.4) is 0 Å². The first kappa shape index (κ1) is 18.2. The number of nitrogens with one attached hydrogen (secondary N) is 2. The number of nitrogens with zero attached hydrogens (tertiary/aromatic N) is 2. The number of hydrogen-bond donors (Lipinski definition) is 2. The van der Waals surface area contributed by atoms with Crippen LogP contribution in [-0.2, 0) is 9.59 Å². The van der Waals surface area contributed by atoms with Crippen LogP contribution in [0.5, 0.6) is 0 Å². The molecule has 1 aliphatic heterocycles. The van der Waals surface area contributed by atoms with E-state index in [2.05, 4.69) is 17.3 Å². The molecule has 134 valence electrons. The molecule has 2 N–H and O–H groups in total. The number of fused-ring (bicyclic) bond motifs is 1. The first-order chi connectivity index (χ1) is 12.0. The summed E-state index contributed by atoms with van der Waals surface area (Å²) in [6.45, 7) is 5.54. The summed E-state index contributed by atoms with van der Waals surface area (Å²) in [6, 6.07) is 5.71. The number of aromatic nitrogens is 1. The van der Waals surface area contributed by atoms with Crippen LogP contribution >= 0.6 is 23.1 Å². The van der Waals surface area contributed by atoms with Gasteiger partial charge in [0.1, 0.15) is 0 Å². The predicted octanol–water partition coefficient (Wildman–Crippen LogP) is 1.09. The number of hydrogen-bond acceptors (Lipinski definition) is 5. The molecule has 0 saturated carbocycles. The molecule has 2 amide bonds. The van der Waals surface area contributed by atoms with Crippen LogP contribution in [-0.4, -0.2) is 60.7 Å².